The zero-order chi connectivity index (χ0) is 22.9. The smallest absolute Gasteiger partial charge is 0.325 e. The summed E-state index contributed by atoms with van der Waals surface area (Å²) in [6, 6.07) is 9.80. The van der Waals surface area contributed by atoms with Gasteiger partial charge in [0.25, 0.3) is 5.91 Å². The van der Waals surface area contributed by atoms with Crippen LogP contribution in [0, 0.1) is 5.41 Å². The van der Waals surface area contributed by atoms with Crippen LogP contribution in [0.2, 0.25) is 0 Å². The van der Waals surface area contributed by atoms with E-state index in [4.69, 9.17) is 0 Å². The van der Waals surface area contributed by atoms with E-state index in [0.29, 0.717) is 32.4 Å². The van der Waals surface area contributed by atoms with Crippen LogP contribution in [-0.4, -0.2) is 70.3 Å². The summed E-state index contributed by atoms with van der Waals surface area (Å²) in [4.78, 5) is 44.7. The maximum absolute atomic E-state index is 13.5. The van der Waals surface area contributed by atoms with E-state index in [-0.39, 0.29) is 29.3 Å². The van der Waals surface area contributed by atoms with Gasteiger partial charge in [-0.2, -0.15) is 0 Å². The molecule has 3 heterocycles. The lowest BCUT2D eigenvalue weighted by Gasteiger charge is -2.39. The maximum Gasteiger partial charge on any atom is 0.325 e. The Balaban J connectivity index is 1.38. The summed E-state index contributed by atoms with van der Waals surface area (Å²) in [7, 11) is 0. The molecule has 3 saturated heterocycles. The molecule has 1 spiro atoms. The number of carbonyl (C=O) groups is 3. The first-order chi connectivity index (χ1) is 15.2. The minimum absolute atomic E-state index is 0.0807. The van der Waals surface area contributed by atoms with E-state index in [0.717, 1.165) is 32.5 Å². The molecular weight excluding hydrogens is 404 g/mol. The summed E-state index contributed by atoms with van der Waals surface area (Å²) >= 11 is 0. The Kier molecular flexibility index (Phi) is 6.30. The number of amides is 4. The second-order valence-electron chi connectivity index (χ2n) is 10.8. The minimum Gasteiger partial charge on any atom is -0.341 e. The van der Waals surface area contributed by atoms with Gasteiger partial charge in [-0.25, -0.2) is 4.79 Å². The van der Waals surface area contributed by atoms with Crippen LogP contribution in [0.4, 0.5) is 4.79 Å². The average molecular weight is 441 g/mol. The van der Waals surface area contributed by atoms with Gasteiger partial charge in [0.15, 0.2) is 0 Å². The summed E-state index contributed by atoms with van der Waals surface area (Å²) in [6.45, 7) is 9.72. The quantitative estimate of drug-likeness (QED) is 0.731. The third-order valence-electron chi connectivity index (χ3n) is 6.95. The van der Waals surface area contributed by atoms with Crippen molar-refractivity contribution in [3.8, 4) is 0 Å². The van der Waals surface area contributed by atoms with Gasteiger partial charge in [-0.3, -0.25) is 19.4 Å². The molecule has 1 atom stereocenters. The van der Waals surface area contributed by atoms with Crippen molar-refractivity contribution in [3.05, 3.63) is 35.9 Å². The highest BCUT2D eigenvalue weighted by molar-refractivity contribution is 6.07. The van der Waals surface area contributed by atoms with Gasteiger partial charge in [0.1, 0.15) is 5.54 Å². The van der Waals surface area contributed by atoms with Crippen LogP contribution in [0.25, 0.3) is 0 Å². The topological polar surface area (TPSA) is 73.0 Å². The van der Waals surface area contributed by atoms with Crippen molar-refractivity contribution >= 4 is 17.8 Å². The Morgan fingerprint density at radius 3 is 2.44 bits per heavy atom. The average Bonchev–Trinajstić information content (AvgIpc) is 2.99. The Bertz CT molecular complexity index is 856. The van der Waals surface area contributed by atoms with Gasteiger partial charge in [-0.05, 0) is 36.7 Å². The number of nitrogens with one attached hydrogen (secondary N) is 1. The van der Waals surface area contributed by atoms with Crippen molar-refractivity contribution in [1.29, 1.82) is 0 Å². The third-order valence-corrected chi connectivity index (χ3v) is 6.95. The molecule has 7 nitrogen and oxygen atoms in total. The number of piperidine rings is 2. The molecule has 1 aromatic carbocycles. The highest BCUT2D eigenvalue weighted by Crippen LogP contribution is 2.33. The SMILES string of the molecule is CC(C)(C)CC(=O)N1CCC[C@H](N2C(=O)NC3(CCN(Cc4ccccc4)CC3)C2=O)C1. The van der Waals surface area contributed by atoms with Crippen LogP contribution in [0.3, 0.4) is 0 Å². The number of hydrogen-bond acceptors (Lipinski definition) is 4. The predicted molar refractivity (Wildman–Crippen MR) is 123 cm³/mol. The number of nitrogens with zero attached hydrogens (tertiary/aromatic N) is 3. The van der Waals surface area contributed by atoms with E-state index in [1.165, 1.54) is 10.5 Å². The lowest BCUT2D eigenvalue weighted by Crippen LogP contribution is -2.56. The number of hydrogen-bond donors (Lipinski definition) is 1. The highest BCUT2D eigenvalue weighted by atomic mass is 16.2. The normalized spacial score (nSPS) is 24.2. The van der Waals surface area contributed by atoms with Crippen LogP contribution >= 0.6 is 0 Å². The zero-order valence-corrected chi connectivity index (χ0v) is 19.6. The van der Waals surface area contributed by atoms with Crippen LogP contribution in [0.1, 0.15) is 58.4 Å². The molecule has 1 N–H and O–H groups in total. The molecule has 4 amide bonds. The molecule has 0 bridgehead atoms. The van der Waals surface area contributed by atoms with Crippen molar-refractivity contribution < 1.29 is 14.4 Å². The Morgan fingerprint density at radius 2 is 1.78 bits per heavy atom. The summed E-state index contributed by atoms with van der Waals surface area (Å²) in [6.07, 6.45) is 3.30. The first-order valence-electron chi connectivity index (χ1n) is 11.9. The van der Waals surface area contributed by atoms with E-state index in [1.54, 1.807) is 0 Å². The lowest BCUT2D eigenvalue weighted by molar-refractivity contribution is -0.140. The summed E-state index contributed by atoms with van der Waals surface area (Å²) in [5, 5.41) is 3.04. The molecule has 0 saturated carbocycles. The molecular formula is C25H36N4O3. The third kappa shape index (κ3) is 4.82. The first-order valence-corrected chi connectivity index (χ1v) is 11.9. The number of rotatable bonds is 4. The molecule has 0 aliphatic carbocycles. The van der Waals surface area contributed by atoms with Crippen LogP contribution < -0.4 is 5.32 Å². The van der Waals surface area contributed by atoms with E-state index in [1.807, 2.05) is 23.1 Å². The molecule has 7 heteroatoms. The molecule has 32 heavy (non-hydrogen) atoms. The molecule has 4 rings (SSSR count). The van der Waals surface area contributed by atoms with Gasteiger partial charge >= 0.3 is 6.03 Å². The van der Waals surface area contributed by atoms with E-state index >= 15 is 0 Å². The van der Waals surface area contributed by atoms with E-state index in [2.05, 4.69) is 43.1 Å². The Labute approximate surface area is 191 Å². The highest BCUT2D eigenvalue weighted by Gasteiger charge is 2.54. The second kappa shape index (κ2) is 8.85. The van der Waals surface area contributed by atoms with Crippen molar-refractivity contribution in [2.75, 3.05) is 26.2 Å². The first kappa shape index (κ1) is 22.8. The van der Waals surface area contributed by atoms with Crippen molar-refractivity contribution in [1.82, 2.24) is 20.0 Å². The fourth-order valence-corrected chi connectivity index (χ4v) is 5.20. The fourth-order valence-electron chi connectivity index (χ4n) is 5.20. The summed E-state index contributed by atoms with van der Waals surface area (Å²) in [5.74, 6) is 0.00942. The van der Waals surface area contributed by atoms with Crippen molar-refractivity contribution in [2.24, 2.45) is 5.41 Å². The molecule has 3 aliphatic rings. The molecule has 0 unspecified atom stereocenters. The number of urea groups is 1. The van der Waals surface area contributed by atoms with Crippen LogP contribution in [0.5, 0.6) is 0 Å². The van der Waals surface area contributed by atoms with Crippen LogP contribution in [0.15, 0.2) is 30.3 Å². The minimum atomic E-state index is -0.790. The van der Waals surface area contributed by atoms with Crippen molar-refractivity contribution in [2.45, 2.75) is 71.0 Å². The monoisotopic (exact) mass is 440 g/mol. The molecule has 0 radical (unpaired) electrons. The van der Waals surface area contributed by atoms with Crippen molar-refractivity contribution in [3.63, 3.8) is 0 Å². The molecule has 174 valence electrons. The predicted octanol–water partition coefficient (Wildman–Crippen LogP) is 3.00. The number of benzene rings is 1. The number of carbonyl (C=O) groups excluding carboxylic acids is 3. The number of likely N-dealkylation sites (tertiary alicyclic amines) is 2. The summed E-state index contributed by atoms with van der Waals surface area (Å²) in [5.41, 5.74) is 0.388. The molecule has 3 fully saturated rings. The standard InChI is InChI=1S/C25H36N4O3/c1-24(2,3)16-21(30)28-13-7-10-20(18-28)29-22(31)25(26-23(29)32)11-14-27(15-12-25)17-19-8-5-4-6-9-19/h4-6,8-9,20H,7,10-18H2,1-3H3,(H,26,32)/t20-/m0/s1. The lowest BCUT2D eigenvalue weighted by atomic mass is 9.86. The van der Waals surface area contributed by atoms with Gasteiger partial charge in [0, 0.05) is 39.1 Å². The molecule has 1 aromatic rings. The Morgan fingerprint density at radius 1 is 1.09 bits per heavy atom. The van der Waals surface area contributed by atoms with Gasteiger partial charge in [0.2, 0.25) is 5.91 Å². The molecule has 0 aromatic heterocycles. The van der Waals surface area contributed by atoms with Gasteiger partial charge < -0.3 is 10.2 Å². The van der Waals surface area contributed by atoms with Gasteiger partial charge in [-0.1, -0.05) is 51.1 Å². The zero-order valence-electron chi connectivity index (χ0n) is 19.6. The van der Waals surface area contributed by atoms with E-state index in [9.17, 15) is 14.4 Å². The fraction of sp³-hybridized carbons (Fsp3) is 0.640. The second-order valence-corrected chi connectivity index (χ2v) is 10.8. The van der Waals surface area contributed by atoms with Crippen LogP contribution in [-0.2, 0) is 16.1 Å². The number of imide groups is 1. The molecule has 3 aliphatic heterocycles. The maximum atomic E-state index is 13.5. The Hall–Kier alpha value is -2.41. The van der Waals surface area contributed by atoms with Gasteiger partial charge in [-0.15, -0.1) is 0 Å². The largest absolute Gasteiger partial charge is 0.341 e. The van der Waals surface area contributed by atoms with Gasteiger partial charge in [0.05, 0.1) is 6.04 Å². The summed E-state index contributed by atoms with van der Waals surface area (Å²) < 4.78 is 0. The van der Waals surface area contributed by atoms with E-state index < -0.39 is 5.54 Å².